The number of hydrogen-bond donors (Lipinski definition) is 2. The van der Waals surface area contributed by atoms with E-state index in [1.165, 1.54) is 23.1 Å². The third kappa shape index (κ3) is 5.16. The van der Waals surface area contributed by atoms with E-state index in [-0.39, 0.29) is 35.6 Å². The molecule has 2 N–H and O–H groups in total. The highest BCUT2D eigenvalue weighted by Gasteiger charge is 2.41. The predicted octanol–water partition coefficient (Wildman–Crippen LogP) is 4.20. The zero-order valence-electron chi connectivity index (χ0n) is 21.1. The molecular formula is C28H41N3O3. The number of nitrogens with zero attached hydrogens (tertiary/aromatic N) is 1. The van der Waals surface area contributed by atoms with Gasteiger partial charge in [0.1, 0.15) is 12.1 Å². The molecule has 1 aromatic carbocycles. The van der Waals surface area contributed by atoms with Crippen molar-refractivity contribution in [3.05, 3.63) is 34.9 Å². The number of fused-ring (bicyclic) bond motifs is 1. The largest absolute Gasteiger partial charge is 0.347 e. The molecular weight excluding hydrogens is 426 g/mol. The number of amides is 3. The molecule has 6 nitrogen and oxygen atoms in total. The number of likely N-dealkylation sites (tertiary alicyclic amines) is 1. The van der Waals surface area contributed by atoms with Crippen LogP contribution in [0.25, 0.3) is 0 Å². The minimum Gasteiger partial charge on any atom is -0.347 e. The van der Waals surface area contributed by atoms with Gasteiger partial charge in [0.25, 0.3) is 0 Å². The number of carbonyl (C=O) groups excluding carboxylic acids is 3. The van der Waals surface area contributed by atoms with Crippen LogP contribution in [0.4, 0.5) is 0 Å². The second-order valence-electron chi connectivity index (χ2n) is 10.6. The molecule has 34 heavy (non-hydrogen) atoms. The van der Waals surface area contributed by atoms with Crippen molar-refractivity contribution in [3.63, 3.8) is 0 Å². The van der Waals surface area contributed by atoms with Gasteiger partial charge in [-0.3, -0.25) is 14.4 Å². The van der Waals surface area contributed by atoms with Crippen molar-refractivity contribution in [1.82, 2.24) is 15.5 Å². The van der Waals surface area contributed by atoms with Gasteiger partial charge < -0.3 is 15.5 Å². The molecule has 2 fully saturated rings. The molecule has 1 aromatic rings. The number of benzene rings is 1. The monoisotopic (exact) mass is 467 g/mol. The molecule has 1 saturated heterocycles. The Balaban J connectivity index is 1.47. The first-order chi connectivity index (χ1) is 16.4. The number of nitrogens with one attached hydrogen (secondary N) is 2. The lowest BCUT2D eigenvalue weighted by Crippen LogP contribution is -2.56. The standard InChI is InChI=1S/C28H41N3O3/c1-4-18(2)26(32)30-25(20-11-6-5-7-12-20)28(34)31-17-9-14-24(31)27(33)29-23-16-15-21-19(3)10-8-13-22(21)23/h8,10,13,18,20,23-25H,4-7,9,11-12,14-17H2,1-3H3,(H,29,33)(H,30,32)/t18-,23?,24+,25+/m1/s1. The van der Waals surface area contributed by atoms with E-state index < -0.39 is 12.1 Å². The van der Waals surface area contributed by atoms with Crippen molar-refractivity contribution in [1.29, 1.82) is 0 Å². The molecule has 0 radical (unpaired) electrons. The molecule has 6 heteroatoms. The fourth-order valence-corrected chi connectivity index (χ4v) is 6.07. The average Bonchev–Trinajstić information content (AvgIpc) is 3.50. The van der Waals surface area contributed by atoms with Crippen LogP contribution in [-0.2, 0) is 20.8 Å². The number of hydrogen-bond acceptors (Lipinski definition) is 3. The summed E-state index contributed by atoms with van der Waals surface area (Å²) in [5.74, 6) is -0.139. The Hall–Kier alpha value is -2.37. The summed E-state index contributed by atoms with van der Waals surface area (Å²) in [7, 11) is 0. The van der Waals surface area contributed by atoms with Crippen LogP contribution in [0.15, 0.2) is 18.2 Å². The lowest BCUT2D eigenvalue weighted by atomic mass is 9.83. The SMILES string of the molecule is CC[C@@H](C)C(=O)N[C@H](C(=O)N1CCC[C@H]1C(=O)NC1CCc2c(C)cccc21)C1CCCCC1. The first-order valence-corrected chi connectivity index (χ1v) is 13.4. The maximum atomic E-state index is 13.8. The van der Waals surface area contributed by atoms with E-state index in [1.807, 2.05) is 13.8 Å². The van der Waals surface area contributed by atoms with Crippen LogP contribution in [0.2, 0.25) is 0 Å². The molecule has 1 heterocycles. The second-order valence-corrected chi connectivity index (χ2v) is 10.6. The Morgan fingerprint density at radius 3 is 2.56 bits per heavy atom. The third-order valence-corrected chi connectivity index (χ3v) is 8.40. The number of aryl methyl sites for hydroxylation is 1. The van der Waals surface area contributed by atoms with Crippen LogP contribution in [-0.4, -0.2) is 41.2 Å². The van der Waals surface area contributed by atoms with E-state index in [4.69, 9.17) is 0 Å². The van der Waals surface area contributed by atoms with Crippen molar-refractivity contribution in [2.45, 2.75) is 103 Å². The van der Waals surface area contributed by atoms with Gasteiger partial charge in [-0.05, 0) is 74.5 Å². The topological polar surface area (TPSA) is 78.5 Å². The molecule has 186 valence electrons. The molecule has 1 saturated carbocycles. The Morgan fingerprint density at radius 1 is 1.06 bits per heavy atom. The minimum atomic E-state index is -0.523. The zero-order valence-corrected chi connectivity index (χ0v) is 21.1. The molecule has 0 aromatic heterocycles. The van der Waals surface area contributed by atoms with Crippen molar-refractivity contribution in [3.8, 4) is 0 Å². The molecule has 3 amide bonds. The van der Waals surface area contributed by atoms with E-state index in [1.54, 1.807) is 4.90 Å². The van der Waals surface area contributed by atoms with Crippen LogP contribution >= 0.6 is 0 Å². The van der Waals surface area contributed by atoms with Gasteiger partial charge in [-0.25, -0.2) is 0 Å². The normalized spacial score (nSPS) is 24.4. The highest BCUT2D eigenvalue weighted by molar-refractivity contribution is 5.93. The number of rotatable bonds is 7. The Morgan fingerprint density at radius 2 is 1.82 bits per heavy atom. The lowest BCUT2D eigenvalue weighted by Gasteiger charge is -2.35. The molecule has 1 aliphatic heterocycles. The average molecular weight is 468 g/mol. The van der Waals surface area contributed by atoms with E-state index in [2.05, 4.69) is 35.8 Å². The van der Waals surface area contributed by atoms with Crippen LogP contribution in [0.1, 0.15) is 94.4 Å². The summed E-state index contributed by atoms with van der Waals surface area (Å²) in [6.45, 7) is 6.61. The summed E-state index contributed by atoms with van der Waals surface area (Å²) in [4.78, 5) is 41.7. The Kier molecular flexibility index (Phi) is 7.95. The summed E-state index contributed by atoms with van der Waals surface area (Å²) >= 11 is 0. The maximum Gasteiger partial charge on any atom is 0.246 e. The van der Waals surface area contributed by atoms with Crippen molar-refractivity contribution in [2.75, 3.05) is 6.54 Å². The summed E-state index contributed by atoms with van der Waals surface area (Å²) in [6.07, 6.45) is 9.43. The van der Waals surface area contributed by atoms with Crippen LogP contribution in [0.5, 0.6) is 0 Å². The smallest absolute Gasteiger partial charge is 0.246 e. The second kappa shape index (κ2) is 10.9. The first-order valence-electron chi connectivity index (χ1n) is 13.4. The highest BCUT2D eigenvalue weighted by Crippen LogP contribution is 2.34. The molecule has 2 aliphatic carbocycles. The zero-order chi connectivity index (χ0) is 24.2. The van der Waals surface area contributed by atoms with Gasteiger partial charge in [0.05, 0.1) is 6.04 Å². The van der Waals surface area contributed by atoms with E-state index in [0.717, 1.165) is 51.4 Å². The van der Waals surface area contributed by atoms with Crippen LogP contribution in [0.3, 0.4) is 0 Å². The van der Waals surface area contributed by atoms with E-state index in [9.17, 15) is 14.4 Å². The van der Waals surface area contributed by atoms with Crippen LogP contribution in [0, 0.1) is 18.8 Å². The molecule has 4 atom stereocenters. The van der Waals surface area contributed by atoms with Gasteiger partial charge in [0, 0.05) is 12.5 Å². The summed E-state index contributed by atoms with van der Waals surface area (Å²) < 4.78 is 0. The van der Waals surface area contributed by atoms with Crippen molar-refractivity contribution < 1.29 is 14.4 Å². The van der Waals surface area contributed by atoms with Gasteiger partial charge in [0.15, 0.2) is 0 Å². The summed E-state index contributed by atoms with van der Waals surface area (Å²) in [5.41, 5.74) is 3.83. The maximum absolute atomic E-state index is 13.8. The van der Waals surface area contributed by atoms with Gasteiger partial charge in [0.2, 0.25) is 17.7 Å². The Labute approximate surface area is 204 Å². The van der Waals surface area contributed by atoms with Crippen molar-refractivity contribution in [2.24, 2.45) is 11.8 Å². The first kappa shape index (κ1) is 24.7. The van der Waals surface area contributed by atoms with Gasteiger partial charge >= 0.3 is 0 Å². The van der Waals surface area contributed by atoms with E-state index >= 15 is 0 Å². The molecule has 4 rings (SSSR count). The fourth-order valence-electron chi connectivity index (χ4n) is 6.07. The molecule has 0 bridgehead atoms. The molecule has 0 spiro atoms. The van der Waals surface area contributed by atoms with Crippen molar-refractivity contribution >= 4 is 17.7 Å². The van der Waals surface area contributed by atoms with Gasteiger partial charge in [-0.1, -0.05) is 51.3 Å². The molecule has 3 aliphatic rings. The quantitative estimate of drug-likeness (QED) is 0.631. The number of carbonyl (C=O) groups is 3. The van der Waals surface area contributed by atoms with E-state index in [0.29, 0.717) is 13.0 Å². The van der Waals surface area contributed by atoms with Crippen LogP contribution < -0.4 is 10.6 Å². The minimum absolute atomic E-state index is 0.0131. The Bertz CT molecular complexity index is 908. The fraction of sp³-hybridized carbons (Fsp3) is 0.679. The summed E-state index contributed by atoms with van der Waals surface area (Å²) in [6, 6.07) is 5.33. The predicted molar refractivity (Wildman–Crippen MR) is 133 cm³/mol. The highest BCUT2D eigenvalue weighted by atomic mass is 16.2. The summed E-state index contributed by atoms with van der Waals surface area (Å²) in [5, 5.41) is 6.36. The molecule has 1 unspecified atom stereocenters. The van der Waals surface area contributed by atoms with Gasteiger partial charge in [-0.2, -0.15) is 0 Å². The lowest BCUT2D eigenvalue weighted by molar-refractivity contribution is -0.143. The third-order valence-electron chi connectivity index (χ3n) is 8.40. The van der Waals surface area contributed by atoms with Gasteiger partial charge in [-0.15, -0.1) is 0 Å².